The van der Waals surface area contributed by atoms with Gasteiger partial charge in [0, 0.05) is 13.7 Å². The Bertz CT molecular complexity index is 173. The highest BCUT2D eigenvalue weighted by Gasteiger charge is 2.42. The predicted octanol–water partition coefficient (Wildman–Crippen LogP) is 2.58. The number of nitrogens with one attached hydrogen (secondary N) is 1. The van der Waals surface area contributed by atoms with Crippen LogP contribution < -0.4 is 5.32 Å². The fourth-order valence-corrected chi connectivity index (χ4v) is 1.75. The van der Waals surface area contributed by atoms with E-state index in [0.717, 1.165) is 6.54 Å². The van der Waals surface area contributed by atoms with Gasteiger partial charge in [-0.25, -0.2) is 0 Å². The summed E-state index contributed by atoms with van der Waals surface area (Å²) in [6.07, 6.45) is 5.29. The van der Waals surface area contributed by atoms with Crippen molar-refractivity contribution in [2.75, 3.05) is 20.2 Å². The zero-order chi connectivity index (χ0) is 10.7. The number of rotatable bonds is 7. The van der Waals surface area contributed by atoms with Crippen molar-refractivity contribution in [3.8, 4) is 0 Å². The Balaban J connectivity index is 2.23. The molecule has 1 aliphatic carbocycles. The Labute approximate surface area is 88.4 Å². The minimum atomic E-state index is 0.0573. The summed E-state index contributed by atoms with van der Waals surface area (Å²) in [5.41, 5.74) is 0.674. The average Bonchev–Trinajstić information content (AvgIpc) is 2.93. The lowest BCUT2D eigenvalue weighted by molar-refractivity contribution is 0.00927. The Morgan fingerprint density at radius 3 is 2.43 bits per heavy atom. The molecule has 0 aromatic heterocycles. The van der Waals surface area contributed by atoms with Crippen LogP contribution in [0.3, 0.4) is 0 Å². The van der Waals surface area contributed by atoms with Crippen LogP contribution in [0.2, 0.25) is 0 Å². The molecule has 0 heterocycles. The third-order valence-corrected chi connectivity index (χ3v) is 3.52. The van der Waals surface area contributed by atoms with Crippen molar-refractivity contribution >= 4 is 0 Å². The van der Waals surface area contributed by atoms with Gasteiger partial charge in [0.2, 0.25) is 0 Å². The molecule has 1 saturated carbocycles. The van der Waals surface area contributed by atoms with Gasteiger partial charge in [-0.1, -0.05) is 6.92 Å². The van der Waals surface area contributed by atoms with E-state index in [2.05, 4.69) is 26.1 Å². The van der Waals surface area contributed by atoms with Crippen LogP contribution in [0, 0.1) is 5.41 Å². The van der Waals surface area contributed by atoms with Crippen molar-refractivity contribution < 1.29 is 4.74 Å². The largest absolute Gasteiger partial charge is 0.379 e. The van der Waals surface area contributed by atoms with E-state index in [9.17, 15) is 0 Å². The first-order valence-electron chi connectivity index (χ1n) is 5.79. The van der Waals surface area contributed by atoms with Crippen molar-refractivity contribution in [1.29, 1.82) is 0 Å². The summed E-state index contributed by atoms with van der Waals surface area (Å²) in [5.74, 6) is 0. The monoisotopic (exact) mass is 199 g/mol. The molecule has 0 spiro atoms. The summed E-state index contributed by atoms with van der Waals surface area (Å²) < 4.78 is 5.44. The summed E-state index contributed by atoms with van der Waals surface area (Å²) >= 11 is 0. The molecule has 84 valence electrons. The van der Waals surface area contributed by atoms with E-state index in [1.54, 1.807) is 0 Å². The number of hydrogen-bond donors (Lipinski definition) is 1. The van der Waals surface area contributed by atoms with Crippen LogP contribution >= 0.6 is 0 Å². The van der Waals surface area contributed by atoms with Crippen LogP contribution in [0.5, 0.6) is 0 Å². The molecule has 0 amide bonds. The van der Waals surface area contributed by atoms with Crippen molar-refractivity contribution in [2.45, 2.75) is 52.1 Å². The second kappa shape index (κ2) is 4.63. The van der Waals surface area contributed by atoms with Gasteiger partial charge in [-0.05, 0) is 51.5 Å². The van der Waals surface area contributed by atoms with Crippen LogP contribution in [0.25, 0.3) is 0 Å². The van der Waals surface area contributed by atoms with E-state index in [-0.39, 0.29) is 5.60 Å². The number of methoxy groups -OCH3 is 1. The molecule has 0 aromatic carbocycles. The first kappa shape index (κ1) is 12.0. The van der Waals surface area contributed by atoms with Crippen LogP contribution in [0.1, 0.15) is 46.5 Å². The summed E-state index contributed by atoms with van der Waals surface area (Å²) in [5, 5.41) is 3.46. The van der Waals surface area contributed by atoms with E-state index in [1.165, 1.54) is 32.2 Å². The molecule has 0 saturated heterocycles. The Morgan fingerprint density at radius 2 is 2.00 bits per heavy atom. The topological polar surface area (TPSA) is 21.3 Å². The molecule has 0 unspecified atom stereocenters. The molecule has 0 radical (unpaired) electrons. The normalized spacial score (nSPS) is 19.7. The maximum Gasteiger partial charge on any atom is 0.0623 e. The van der Waals surface area contributed by atoms with Crippen LogP contribution in [-0.2, 0) is 4.74 Å². The van der Waals surface area contributed by atoms with Crippen molar-refractivity contribution in [2.24, 2.45) is 5.41 Å². The highest BCUT2D eigenvalue weighted by molar-refractivity contribution is 4.95. The molecule has 1 fully saturated rings. The minimum absolute atomic E-state index is 0.0573. The minimum Gasteiger partial charge on any atom is -0.379 e. The molecule has 0 atom stereocenters. The molecule has 2 heteroatoms. The van der Waals surface area contributed by atoms with Crippen molar-refractivity contribution in [1.82, 2.24) is 5.32 Å². The third-order valence-electron chi connectivity index (χ3n) is 3.52. The summed E-state index contributed by atoms with van der Waals surface area (Å²) in [6, 6.07) is 0. The maximum atomic E-state index is 5.44. The molecule has 1 rings (SSSR count). The lowest BCUT2D eigenvalue weighted by Gasteiger charge is -2.25. The fourth-order valence-electron chi connectivity index (χ4n) is 1.75. The molecule has 0 aliphatic heterocycles. The van der Waals surface area contributed by atoms with Gasteiger partial charge in [-0.15, -0.1) is 0 Å². The second-order valence-corrected chi connectivity index (χ2v) is 5.24. The molecule has 0 bridgehead atoms. The second-order valence-electron chi connectivity index (χ2n) is 5.24. The van der Waals surface area contributed by atoms with Crippen molar-refractivity contribution in [3.05, 3.63) is 0 Å². The average molecular weight is 199 g/mol. The number of hydrogen-bond acceptors (Lipinski definition) is 2. The lowest BCUT2D eigenvalue weighted by atomic mass is 9.92. The quantitative estimate of drug-likeness (QED) is 0.680. The zero-order valence-corrected chi connectivity index (χ0v) is 10.2. The van der Waals surface area contributed by atoms with E-state index in [1.807, 2.05) is 7.11 Å². The van der Waals surface area contributed by atoms with Gasteiger partial charge in [0.1, 0.15) is 0 Å². The fraction of sp³-hybridized carbons (Fsp3) is 1.00. The van der Waals surface area contributed by atoms with E-state index < -0.39 is 0 Å². The van der Waals surface area contributed by atoms with Gasteiger partial charge in [0.25, 0.3) is 0 Å². The Hall–Kier alpha value is -0.0800. The first-order chi connectivity index (χ1) is 6.54. The molecule has 1 N–H and O–H groups in total. The van der Waals surface area contributed by atoms with Gasteiger partial charge in [0.05, 0.1) is 5.60 Å². The maximum absolute atomic E-state index is 5.44. The van der Waals surface area contributed by atoms with Gasteiger partial charge in [-0.3, -0.25) is 0 Å². The third kappa shape index (κ3) is 3.58. The smallest absolute Gasteiger partial charge is 0.0623 e. The lowest BCUT2D eigenvalue weighted by Crippen LogP contribution is -2.28. The highest BCUT2D eigenvalue weighted by atomic mass is 16.5. The summed E-state index contributed by atoms with van der Waals surface area (Å²) in [6.45, 7) is 8.82. The molecular formula is C12H25NO. The van der Waals surface area contributed by atoms with Gasteiger partial charge in [-0.2, -0.15) is 0 Å². The SMILES string of the molecule is CCNCC1(CCC(C)(C)OC)CC1. The van der Waals surface area contributed by atoms with E-state index in [0.29, 0.717) is 5.41 Å². The van der Waals surface area contributed by atoms with Crippen LogP contribution in [-0.4, -0.2) is 25.8 Å². The highest BCUT2D eigenvalue weighted by Crippen LogP contribution is 2.50. The summed E-state index contributed by atoms with van der Waals surface area (Å²) in [4.78, 5) is 0. The van der Waals surface area contributed by atoms with Gasteiger partial charge < -0.3 is 10.1 Å². The number of ether oxygens (including phenoxy) is 1. The molecule has 0 aromatic rings. The van der Waals surface area contributed by atoms with Crippen LogP contribution in [0.15, 0.2) is 0 Å². The standard InChI is InChI=1S/C12H25NO/c1-5-13-10-12(8-9-12)7-6-11(2,3)14-4/h13H,5-10H2,1-4H3. The van der Waals surface area contributed by atoms with Crippen molar-refractivity contribution in [3.63, 3.8) is 0 Å². The van der Waals surface area contributed by atoms with E-state index >= 15 is 0 Å². The Morgan fingerprint density at radius 1 is 1.36 bits per heavy atom. The van der Waals surface area contributed by atoms with E-state index in [4.69, 9.17) is 4.74 Å². The molecule has 14 heavy (non-hydrogen) atoms. The van der Waals surface area contributed by atoms with Gasteiger partial charge >= 0.3 is 0 Å². The molecular weight excluding hydrogens is 174 g/mol. The zero-order valence-electron chi connectivity index (χ0n) is 10.2. The van der Waals surface area contributed by atoms with Gasteiger partial charge in [0.15, 0.2) is 0 Å². The predicted molar refractivity (Wildman–Crippen MR) is 60.5 cm³/mol. The molecule has 1 aliphatic rings. The van der Waals surface area contributed by atoms with Crippen LogP contribution in [0.4, 0.5) is 0 Å². The first-order valence-corrected chi connectivity index (χ1v) is 5.79. The summed E-state index contributed by atoms with van der Waals surface area (Å²) in [7, 11) is 1.81. The Kier molecular flexibility index (Phi) is 3.96. The molecule has 2 nitrogen and oxygen atoms in total.